The number of amides is 1. The van der Waals surface area contributed by atoms with Crippen molar-refractivity contribution < 1.29 is 9.18 Å². The quantitative estimate of drug-likeness (QED) is 0.922. The van der Waals surface area contributed by atoms with E-state index in [4.69, 9.17) is 0 Å². The van der Waals surface area contributed by atoms with Gasteiger partial charge >= 0.3 is 0 Å². The summed E-state index contributed by atoms with van der Waals surface area (Å²) in [5, 5.41) is 6.86. The predicted octanol–water partition coefficient (Wildman–Crippen LogP) is 1.32. The standard InChI is InChI=1S/C15H14FN3O2/c16-11-3-1-2-10(8-11)9-19-14(20)7-6-13(18-19)15(21)17-12-4-5-12/h1-3,6-8,12H,4-5,9H2,(H,17,21). The molecule has 0 radical (unpaired) electrons. The molecule has 6 heteroatoms. The van der Waals surface area contributed by atoms with Crippen molar-refractivity contribution in [2.45, 2.75) is 25.4 Å². The van der Waals surface area contributed by atoms with Crippen molar-refractivity contribution in [3.63, 3.8) is 0 Å². The van der Waals surface area contributed by atoms with Gasteiger partial charge in [0.1, 0.15) is 11.5 Å². The van der Waals surface area contributed by atoms with Gasteiger partial charge in [-0.05, 0) is 36.6 Å². The molecule has 108 valence electrons. The van der Waals surface area contributed by atoms with Crippen LogP contribution in [-0.4, -0.2) is 21.7 Å². The molecule has 2 aromatic rings. The number of hydrogen-bond donors (Lipinski definition) is 1. The first-order chi connectivity index (χ1) is 10.1. The highest BCUT2D eigenvalue weighted by Gasteiger charge is 2.24. The summed E-state index contributed by atoms with van der Waals surface area (Å²) in [6.07, 6.45) is 1.96. The average molecular weight is 287 g/mol. The van der Waals surface area contributed by atoms with Gasteiger partial charge in [-0.3, -0.25) is 9.59 Å². The lowest BCUT2D eigenvalue weighted by molar-refractivity contribution is 0.0943. The molecule has 1 fully saturated rings. The molecule has 1 aromatic heterocycles. The van der Waals surface area contributed by atoms with Gasteiger partial charge in [-0.15, -0.1) is 0 Å². The molecule has 0 unspecified atom stereocenters. The van der Waals surface area contributed by atoms with Crippen molar-refractivity contribution in [3.05, 3.63) is 63.8 Å². The number of aromatic nitrogens is 2. The molecule has 1 heterocycles. The van der Waals surface area contributed by atoms with Gasteiger partial charge in [-0.2, -0.15) is 5.10 Å². The lowest BCUT2D eigenvalue weighted by Crippen LogP contribution is -2.30. The smallest absolute Gasteiger partial charge is 0.271 e. The maximum absolute atomic E-state index is 13.2. The van der Waals surface area contributed by atoms with Crippen LogP contribution in [0.5, 0.6) is 0 Å². The lowest BCUT2D eigenvalue weighted by Gasteiger charge is -2.07. The second kappa shape index (κ2) is 5.47. The van der Waals surface area contributed by atoms with Gasteiger partial charge in [-0.25, -0.2) is 9.07 Å². The molecule has 1 aromatic carbocycles. The summed E-state index contributed by atoms with van der Waals surface area (Å²) in [6, 6.07) is 8.87. The van der Waals surface area contributed by atoms with Crippen LogP contribution in [0.15, 0.2) is 41.2 Å². The van der Waals surface area contributed by atoms with Crippen LogP contribution in [0.2, 0.25) is 0 Å². The highest BCUT2D eigenvalue weighted by atomic mass is 19.1. The molecule has 1 aliphatic carbocycles. The van der Waals surface area contributed by atoms with Crippen LogP contribution < -0.4 is 10.9 Å². The zero-order valence-corrected chi connectivity index (χ0v) is 11.3. The first-order valence-electron chi connectivity index (χ1n) is 6.75. The molecule has 3 rings (SSSR count). The summed E-state index contributed by atoms with van der Waals surface area (Å²) in [7, 11) is 0. The highest BCUT2D eigenvalue weighted by molar-refractivity contribution is 5.92. The van der Waals surface area contributed by atoms with E-state index < -0.39 is 0 Å². The molecular weight excluding hydrogens is 273 g/mol. The Labute approximate surface area is 120 Å². The summed E-state index contributed by atoms with van der Waals surface area (Å²) in [5.74, 6) is -0.659. The molecule has 0 bridgehead atoms. The van der Waals surface area contributed by atoms with Crippen LogP contribution in [0.25, 0.3) is 0 Å². The number of nitrogens with one attached hydrogen (secondary N) is 1. The van der Waals surface area contributed by atoms with Crippen LogP contribution in [0.4, 0.5) is 4.39 Å². The Bertz CT molecular complexity index is 738. The van der Waals surface area contributed by atoms with Crippen molar-refractivity contribution in [3.8, 4) is 0 Å². The van der Waals surface area contributed by atoms with Crippen molar-refractivity contribution in [2.75, 3.05) is 0 Å². The van der Waals surface area contributed by atoms with E-state index in [-0.39, 0.29) is 35.6 Å². The molecule has 5 nitrogen and oxygen atoms in total. The maximum atomic E-state index is 13.2. The number of carbonyl (C=O) groups excluding carboxylic acids is 1. The van der Waals surface area contributed by atoms with Gasteiger partial charge in [0.05, 0.1) is 6.54 Å². The Hall–Kier alpha value is -2.50. The molecule has 0 aliphatic heterocycles. The summed E-state index contributed by atoms with van der Waals surface area (Å²) in [4.78, 5) is 23.7. The highest BCUT2D eigenvalue weighted by Crippen LogP contribution is 2.18. The minimum Gasteiger partial charge on any atom is -0.348 e. The van der Waals surface area contributed by atoms with Crippen LogP contribution >= 0.6 is 0 Å². The molecule has 1 saturated carbocycles. The van der Waals surface area contributed by atoms with Gasteiger partial charge in [0.15, 0.2) is 0 Å². The number of rotatable bonds is 4. The number of carbonyl (C=O) groups is 1. The normalized spacial score (nSPS) is 14.0. The molecule has 0 saturated heterocycles. The topological polar surface area (TPSA) is 64.0 Å². The Morgan fingerprint density at radius 1 is 1.33 bits per heavy atom. The van der Waals surface area contributed by atoms with Crippen LogP contribution in [0, 0.1) is 5.82 Å². The van der Waals surface area contributed by atoms with E-state index in [2.05, 4.69) is 10.4 Å². The van der Waals surface area contributed by atoms with E-state index in [1.165, 1.54) is 24.3 Å². The minimum absolute atomic E-state index is 0.126. The monoisotopic (exact) mass is 287 g/mol. The van der Waals surface area contributed by atoms with Gasteiger partial charge < -0.3 is 5.32 Å². The average Bonchev–Trinajstić information content (AvgIpc) is 3.25. The van der Waals surface area contributed by atoms with Gasteiger partial charge in [-0.1, -0.05) is 12.1 Å². The minimum atomic E-state index is -0.372. The number of halogens is 1. The Morgan fingerprint density at radius 2 is 2.14 bits per heavy atom. The zero-order chi connectivity index (χ0) is 14.8. The third-order valence-corrected chi connectivity index (χ3v) is 3.23. The molecule has 1 amide bonds. The van der Waals surface area contributed by atoms with E-state index in [0.717, 1.165) is 17.5 Å². The summed E-state index contributed by atoms with van der Waals surface area (Å²) in [5.41, 5.74) is 0.476. The third kappa shape index (κ3) is 3.34. The molecular formula is C15H14FN3O2. The number of hydrogen-bond acceptors (Lipinski definition) is 3. The fourth-order valence-electron chi connectivity index (χ4n) is 1.98. The number of benzene rings is 1. The van der Waals surface area contributed by atoms with Crippen molar-refractivity contribution in [2.24, 2.45) is 0 Å². The second-order valence-corrected chi connectivity index (χ2v) is 5.09. The Kier molecular flexibility index (Phi) is 3.51. The van der Waals surface area contributed by atoms with Crippen molar-refractivity contribution in [1.29, 1.82) is 0 Å². The first-order valence-corrected chi connectivity index (χ1v) is 6.75. The van der Waals surface area contributed by atoms with E-state index in [0.29, 0.717) is 5.56 Å². The van der Waals surface area contributed by atoms with Crippen LogP contribution in [0.1, 0.15) is 28.9 Å². The first kappa shape index (κ1) is 13.5. The number of nitrogens with zero attached hydrogens (tertiary/aromatic N) is 2. The predicted molar refractivity (Wildman–Crippen MR) is 74.5 cm³/mol. The summed E-state index contributed by atoms with van der Waals surface area (Å²) < 4.78 is 14.3. The van der Waals surface area contributed by atoms with Gasteiger partial charge in [0, 0.05) is 12.1 Å². The molecule has 21 heavy (non-hydrogen) atoms. The van der Waals surface area contributed by atoms with E-state index in [9.17, 15) is 14.0 Å². The van der Waals surface area contributed by atoms with E-state index in [1.54, 1.807) is 12.1 Å². The summed E-state index contributed by atoms with van der Waals surface area (Å²) >= 11 is 0. The molecule has 1 N–H and O–H groups in total. The van der Waals surface area contributed by atoms with Gasteiger partial charge in [0.2, 0.25) is 0 Å². The fraction of sp³-hybridized carbons (Fsp3) is 0.267. The van der Waals surface area contributed by atoms with Gasteiger partial charge in [0.25, 0.3) is 11.5 Å². The molecule has 0 spiro atoms. The zero-order valence-electron chi connectivity index (χ0n) is 11.3. The third-order valence-electron chi connectivity index (χ3n) is 3.23. The van der Waals surface area contributed by atoms with Crippen LogP contribution in [0.3, 0.4) is 0 Å². The molecule has 1 aliphatic rings. The fourth-order valence-corrected chi connectivity index (χ4v) is 1.98. The van der Waals surface area contributed by atoms with Crippen molar-refractivity contribution in [1.82, 2.24) is 15.1 Å². The molecule has 0 atom stereocenters. The summed E-state index contributed by atoms with van der Waals surface area (Å²) in [6.45, 7) is 0.126. The van der Waals surface area contributed by atoms with E-state index >= 15 is 0 Å². The largest absolute Gasteiger partial charge is 0.348 e. The SMILES string of the molecule is O=C(NC1CC1)c1ccc(=O)n(Cc2cccc(F)c2)n1. The maximum Gasteiger partial charge on any atom is 0.271 e. The van der Waals surface area contributed by atoms with E-state index in [1.807, 2.05) is 0 Å². The Morgan fingerprint density at radius 3 is 2.86 bits per heavy atom. The van der Waals surface area contributed by atoms with Crippen LogP contribution in [-0.2, 0) is 6.54 Å². The second-order valence-electron chi connectivity index (χ2n) is 5.09. The van der Waals surface area contributed by atoms with Crippen molar-refractivity contribution >= 4 is 5.91 Å². The Balaban J connectivity index is 1.83. The lowest BCUT2D eigenvalue weighted by atomic mass is 10.2.